The van der Waals surface area contributed by atoms with E-state index in [2.05, 4.69) is 21.2 Å². The summed E-state index contributed by atoms with van der Waals surface area (Å²) in [5, 5.41) is 2.69. The second-order valence-corrected chi connectivity index (χ2v) is 5.09. The minimum Gasteiger partial charge on any atom is -0.378 e. The Morgan fingerprint density at radius 2 is 1.74 bits per heavy atom. The van der Waals surface area contributed by atoms with Gasteiger partial charge in [0, 0.05) is 22.6 Å². The number of halogens is 4. The van der Waals surface area contributed by atoms with Crippen molar-refractivity contribution in [3.05, 3.63) is 63.4 Å². The Balaban J connectivity index is 2.16. The molecule has 0 fully saturated rings. The van der Waals surface area contributed by atoms with Gasteiger partial charge in [0.15, 0.2) is 0 Å². The molecule has 2 aromatic carbocycles. The highest BCUT2D eigenvalue weighted by molar-refractivity contribution is 9.10. The van der Waals surface area contributed by atoms with Crippen LogP contribution in [-0.4, -0.2) is 0 Å². The standard InChI is InChI=1S/C14H11BrF3N/c1-8-4-13(18)14(6-11(8)16)19-7-9-2-3-10(15)5-12(9)17/h2-6,19H,7H2,1H3. The Morgan fingerprint density at radius 1 is 1.00 bits per heavy atom. The zero-order valence-corrected chi connectivity index (χ0v) is 11.7. The molecule has 0 aliphatic carbocycles. The van der Waals surface area contributed by atoms with Gasteiger partial charge < -0.3 is 5.32 Å². The molecule has 1 N–H and O–H groups in total. The maximum atomic E-state index is 13.6. The molecule has 0 aromatic heterocycles. The number of hydrogen-bond donors (Lipinski definition) is 1. The molecule has 19 heavy (non-hydrogen) atoms. The molecule has 0 amide bonds. The average molecular weight is 330 g/mol. The highest BCUT2D eigenvalue weighted by Crippen LogP contribution is 2.21. The van der Waals surface area contributed by atoms with Crippen molar-refractivity contribution in [2.75, 3.05) is 5.32 Å². The van der Waals surface area contributed by atoms with Crippen LogP contribution < -0.4 is 5.32 Å². The predicted molar refractivity (Wildman–Crippen MR) is 72.5 cm³/mol. The van der Waals surface area contributed by atoms with Crippen molar-refractivity contribution >= 4 is 21.6 Å². The summed E-state index contributed by atoms with van der Waals surface area (Å²) in [6.07, 6.45) is 0. The maximum Gasteiger partial charge on any atom is 0.146 e. The molecule has 0 radical (unpaired) electrons. The highest BCUT2D eigenvalue weighted by atomic mass is 79.9. The van der Waals surface area contributed by atoms with Crippen LogP contribution in [0, 0.1) is 24.4 Å². The minimum atomic E-state index is -0.559. The molecule has 0 unspecified atom stereocenters. The molecule has 0 saturated heterocycles. The van der Waals surface area contributed by atoms with Gasteiger partial charge in [-0.1, -0.05) is 22.0 Å². The van der Waals surface area contributed by atoms with Gasteiger partial charge in [0.25, 0.3) is 0 Å². The Hall–Kier alpha value is -1.49. The lowest BCUT2D eigenvalue weighted by Gasteiger charge is -2.10. The first kappa shape index (κ1) is 13.9. The molecular weight excluding hydrogens is 319 g/mol. The summed E-state index contributed by atoms with van der Waals surface area (Å²) in [7, 11) is 0. The van der Waals surface area contributed by atoms with Gasteiger partial charge in [-0.05, 0) is 30.7 Å². The zero-order valence-electron chi connectivity index (χ0n) is 10.1. The van der Waals surface area contributed by atoms with Gasteiger partial charge in [0.2, 0.25) is 0 Å². The Labute approximate surface area is 117 Å². The predicted octanol–water partition coefficient (Wildman–Crippen LogP) is 4.79. The van der Waals surface area contributed by atoms with E-state index in [9.17, 15) is 13.2 Å². The molecule has 0 heterocycles. The summed E-state index contributed by atoms with van der Waals surface area (Å²) in [6.45, 7) is 1.56. The van der Waals surface area contributed by atoms with Crippen molar-refractivity contribution in [3.63, 3.8) is 0 Å². The van der Waals surface area contributed by atoms with Crippen molar-refractivity contribution in [1.82, 2.24) is 0 Å². The topological polar surface area (TPSA) is 12.0 Å². The summed E-state index contributed by atoms with van der Waals surface area (Å²) in [5.41, 5.74) is 0.631. The maximum absolute atomic E-state index is 13.6. The fourth-order valence-electron chi connectivity index (χ4n) is 1.64. The first-order chi connectivity index (χ1) is 8.97. The molecule has 0 spiro atoms. The SMILES string of the molecule is Cc1cc(F)c(NCc2ccc(Br)cc2F)cc1F. The normalized spacial score (nSPS) is 10.6. The van der Waals surface area contributed by atoms with E-state index in [0.29, 0.717) is 10.0 Å². The molecule has 0 aliphatic heterocycles. The van der Waals surface area contributed by atoms with Crippen LogP contribution >= 0.6 is 15.9 Å². The largest absolute Gasteiger partial charge is 0.378 e. The molecular formula is C14H11BrF3N. The van der Waals surface area contributed by atoms with Gasteiger partial charge in [-0.25, -0.2) is 13.2 Å². The number of aryl methyl sites for hydroxylation is 1. The number of anilines is 1. The number of hydrogen-bond acceptors (Lipinski definition) is 1. The summed E-state index contributed by atoms with van der Waals surface area (Å²) < 4.78 is 41.1. The van der Waals surface area contributed by atoms with Gasteiger partial charge in [-0.2, -0.15) is 0 Å². The fourth-order valence-corrected chi connectivity index (χ4v) is 1.97. The zero-order chi connectivity index (χ0) is 14.0. The molecule has 0 aliphatic rings. The Bertz CT molecular complexity index is 614. The third kappa shape index (κ3) is 3.29. The first-order valence-corrected chi connectivity index (χ1v) is 6.40. The van der Waals surface area contributed by atoms with E-state index in [1.54, 1.807) is 12.1 Å². The summed E-state index contributed by atoms with van der Waals surface area (Å²) in [4.78, 5) is 0. The second kappa shape index (κ2) is 5.65. The van der Waals surface area contributed by atoms with E-state index in [1.165, 1.54) is 13.0 Å². The van der Waals surface area contributed by atoms with Crippen LogP contribution in [0.5, 0.6) is 0 Å². The lowest BCUT2D eigenvalue weighted by atomic mass is 10.2. The molecule has 100 valence electrons. The number of rotatable bonds is 3. The van der Waals surface area contributed by atoms with E-state index in [0.717, 1.165) is 12.1 Å². The summed E-state index contributed by atoms with van der Waals surface area (Å²) in [5.74, 6) is -1.47. The molecule has 0 bridgehead atoms. The monoisotopic (exact) mass is 329 g/mol. The quantitative estimate of drug-likeness (QED) is 0.853. The van der Waals surface area contributed by atoms with Crippen LogP contribution in [0.3, 0.4) is 0 Å². The molecule has 2 aromatic rings. The molecule has 2 rings (SSSR count). The Kier molecular flexibility index (Phi) is 4.14. The average Bonchev–Trinajstić information content (AvgIpc) is 2.34. The van der Waals surface area contributed by atoms with Gasteiger partial charge >= 0.3 is 0 Å². The fraction of sp³-hybridized carbons (Fsp3) is 0.143. The van der Waals surface area contributed by atoms with Crippen molar-refractivity contribution in [1.29, 1.82) is 0 Å². The summed E-state index contributed by atoms with van der Waals surface area (Å²) >= 11 is 3.15. The highest BCUT2D eigenvalue weighted by Gasteiger charge is 2.08. The van der Waals surface area contributed by atoms with Crippen molar-refractivity contribution < 1.29 is 13.2 Å². The van der Waals surface area contributed by atoms with E-state index in [1.807, 2.05) is 0 Å². The lowest BCUT2D eigenvalue weighted by Crippen LogP contribution is -2.04. The van der Waals surface area contributed by atoms with Crippen LogP contribution in [0.2, 0.25) is 0 Å². The van der Waals surface area contributed by atoms with Crippen LogP contribution in [0.25, 0.3) is 0 Å². The van der Waals surface area contributed by atoms with Crippen LogP contribution in [-0.2, 0) is 6.54 Å². The van der Waals surface area contributed by atoms with Crippen LogP contribution in [0.4, 0.5) is 18.9 Å². The third-order valence-corrected chi connectivity index (χ3v) is 3.23. The summed E-state index contributed by atoms with van der Waals surface area (Å²) in [6, 6.07) is 6.77. The first-order valence-electron chi connectivity index (χ1n) is 5.61. The van der Waals surface area contributed by atoms with E-state index in [-0.39, 0.29) is 17.8 Å². The van der Waals surface area contributed by atoms with Gasteiger partial charge in [-0.15, -0.1) is 0 Å². The van der Waals surface area contributed by atoms with E-state index >= 15 is 0 Å². The van der Waals surface area contributed by atoms with Crippen LogP contribution in [0.1, 0.15) is 11.1 Å². The van der Waals surface area contributed by atoms with Gasteiger partial charge in [0.1, 0.15) is 17.5 Å². The molecule has 1 nitrogen and oxygen atoms in total. The molecule has 5 heteroatoms. The second-order valence-electron chi connectivity index (χ2n) is 4.17. The lowest BCUT2D eigenvalue weighted by molar-refractivity contribution is 0.593. The minimum absolute atomic E-state index is 0.0189. The molecule has 0 saturated carbocycles. The van der Waals surface area contributed by atoms with E-state index < -0.39 is 17.5 Å². The number of nitrogens with one attached hydrogen (secondary N) is 1. The molecule has 0 atom stereocenters. The van der Waals surface area contributed by atoms with Crippen LogP contribution in [0.15, 0.2) is 34.8 Å². The van der Waals surface area contributed by atoms with E-state index in [4.69, 9.17) is 0 Å². The van der Waals surface area contributed by atoms with Crippen molar-refractivity contribution in [3.8, 4) is 0 Å². The van der Waals surface area contributed by atoms with Gasteiger partial charge in [-0.3, -0.25) is 0 Å². The number of benzene rings is 2. The Morgan fingerprint density at radius 3 is 2.42 bits per heavy atom. The smallest absolute Gasteiger partial charge is 0.146 e. The third-order valence-electron chi connectivity index (χ3n) is 2.73. The van der Waals surface area contributed by atoms with Gasteiger partial charge in [0.05, 0.1) is 5.69 Å². The van der Waals surface area contributed by atoms with Crippen molar-refractivity contribution in [2.24, 2.45) is 0 Å². The van der Waals surface area contributed by atoms with Crippen molar-refractivity contribution in [2.45, 2.75) is 13.5 Å².